The molecule has 14 heavy (non-hydrogen) atoms. The van der Waals surface area contributed by atoms with Crippen LogP contribution in [0.5, 0.6) is 0 Å². The fourth-order valence-electron chi connectivity index (χ4n) is 2.11. The van der Waals surface area contributed by atoms with Crippen LogP contribution in [0.2, 0.25) is 0 Å². The number of rotatable bonds is 7. The topological polar surface area (TPSA) is 24.1 Å². The minimum atomic E-state index is 0.712. The van der Waals surface area contributed by atoms with Crippen LogP contribution in [0, 0.1) is 5.92 Å². The van der Waals surface area contributed by atoms with E-state index in [0.29, 0.717) is 6.04 Å². The molecule has 1 fully saturated rings. The maximum atomic E-state index is 3.62. The monoisotopic (exact) mass is 198 g/mol. The molecule has 0 bridgehead atoms. The fraction of sp³-hybridized carbons (Fsp3) is 1.00. The Hall–Kier alpha value is -0.0800. The lowest BCUT2D eigenvalue weighted by Crippen LogP contribution is -2.28. The molecular formula is C12H26N2. The average molecular weight is 198 g/mol. The van der Waals surface area contributed by atoms with Crippen LogP contribution in [0.4, 0.5) is 0 Å². The maximum absolute atomic E-state index is 3.62. The van der Waals surface area contributed by atoms with Crippen LogP contribution in [-0.4, -0.2) is 25.7 Å². The van der Waals surface area contributed by atoms with Crippen LogP contribution >= 0.6 is 0 Å². The van der Waals surface area contributed by atoms with Crippen LogP contribution in [-0.2, 0) is 0 Å². The molecule has 0 saturated carbocycles. The van der Waals surface area contributed by atoms with E-state index >= 15 is 0 Å². The van der Waals surface area contributed by atoms with Crippen molar-refractivity contribution in [1.82, 2.24) is 10.6 Å². The molecule has 0 aromatic rings. The summed E-state index contributed by atoms with van der Waals surface area (Å²) in [6.45, 7) is 8.25. The van der Waals surface area contributed by atoms with Crippen molar-refractivity contribution in [2.24, 2.45) is 5.92 Å². The van der Waals surface area contributed by atoms with Crippen molar-refractivity contribution >= 4 is 0 Å². The van der Waals surface area contributed by atoms with E-state index in [2.05, 4.69) is 24.5 Å². The molecule has 1 saturated heterocycles. The van der Waals surface area contributed by atoms with Gasteiger partial charge in [-0.3, -0.25) is 0 Å². The van der Waals surface area contributed by atoms with Crippen molar-refractivity contribution in [2.75, 3.05) is 19.6 Å². The number of hydrogen-bond donors (Lipinski definition) is 2. The van der Waals surface area contributed by atoms with E-state index in [-0.39, 0.29) is 0 Å². The molecule has 0 radical (unpaired) electrons. The molecule has 84 valence electrons. The summed E-state index contributed by atoms with van der Waals surface area (Å²) in [6, 6.07) is 0.712. The van der Waals surface area contributed by atoms with Gasteiger partial charge in [0, 0.05) is 6.04 Å². The summed E-state index contributed by atoms with van der Waals surface area (Å²) >= 11 is 0. The highest BCUT2D eigenvalue weighted by Crippen LogP contribution is 2.11. The van der Waals surface area contributed by atoms with E-state index in [9.17, 15) is 0 Å². The zero-order valence-electron chi connectivity index (χ0n) is 9.81. The van der Waals surface area contributed by atoms with Crippen molar-refractivity contribution in [2.45, 2.75) is 52.0 Å². The molecule has 2 unspecified atom stereocenters. The number of hydrogen-bond acceptors (Lipinski definition) is 2. The van der Waals surface area contributed by atoms with Gasteiger partial charge < -0.3 is 10.6 Å². The Morgan fingerprint density at radius 3 is 3.00 bits per heavy atom. The van der Waals surface area contributed by atoms with Gasteiger partial charge in [-0.2, -0.15) is 0 Å². The maximum Gasteiger partial charge on any atom is 0.00387 e. The van der Waals surface area contributed by atoms with Gasteiger partial charge in [-0.1, -0.05) is 19.8 Å². The summed E-state index contributed by atoms with van der Waals surface area (Å²) in [7, 11) is 0. The van der Waals surface area contributed by atoms with Gasteiger partial charge >= 0.3 is 0 Å². The van der Waals surface area contributed by atoms with Crippen LogP contribution in [0.3, 0.4) is 0 Å². The van der Waals surface area contributed by atoms with E-state index in [0.717, 1.165) is 5.92 Å². The SMILES string of the molecule is CCCCC(C)NCCC1CCNC1. The summed E-state index contributed by atoms with van der Waals surface area (Å²) in [5.41, 5.74) is 0. The fourth-order valence-corrected chi connectivity index (χ4v) is 2.11. The summed E-state index contributed by atoms with van der Waals surface area (Å²) in [6.07, 6.45) is 6.74. The normalized spacial score (nSPS) is 24.0. The number of unbranched alkanes of at least 4 members (excludes halogenated alkanes) is 1. The predicted octanol–water partition coefficient (Wildman–Crippen LogP) is 2.15. The molecule has 0 amide bonds. The Morgan fingerprint density at radius 2 is 2.36 bits per heavy atom. The molecule has 2 atom stereocenters. The van der Waals surface area contributed by atoms with E-state index in [1.165, 1.54) is 51.7 Å². The third-order valence-corrected chi connectivity index (χ3v) is 3.20. The summed E-state index contributed by atoms with van der Waals surface area (Å²) < 4.78 is 0. The van der Waals surface area contributed by atoms with Gasteiger partial charge in [-0.25, -0.2) is 0 Å². The number of nitrogens with one attached hydrogen (secondary N) is 2. The standard InChI is InChI=1S/C12H26N2/c1-3-4-5-11(2)14-9-7-12-6-8-13-10-12/h11-14H,3-10H2,1-2H3. The summed E-state index contributed by atoms with van der Waals surface area (Å²) in [4.78, 5) is 0. The Balaban J connectivity index is 1.91. The van der Waals surface area contributed by atoms with Crippen molar-refractivity contribution in [1.29, 1.82) is 0 Å². The van der Waals surface area contributed by atoms with Gasteiger partial charge in [0.15, 0.2) is 0 Å². The molecule has 0 aliphatic carbocycles. The molecule has 0 spiro atoms. The average Bonchev–Trinajstić information content (AvgIpc) is 2.67. The molecule has 1 heterocycles. The predicted molar refractivity (Wildman–Crippen MR) is 62.6 cm³/mol. The molecule has 1 rings (SSSR count). The van der Waals surface area contributed by atoms with Crippen molar-refractivity contribution < 1.29 is 0 Å². The lowest BCUT2D eigenvalue weighted by atomic mass is 10.0. The minimum Gasteiger partial charge on any atom is -0.316 e. The Morgan fingerprint density at radius 1 is 1.50 bits per heavy atom. The van der Waals surface area contributed by atoms with Gasteiger partial charge in [0.2, 0.25) is 0 Å². The Labute approximate surface area is 88.8 Å². The lowest BCUT2D eigenvalue weighted by Gasteiger charge is -2.15. The highest BCUT2D eigenvalue weighted by Gasteiger charge is 2.13. The van der Waals surface area contributed by atoms with Crippen molar-refractivity contribution in [3.63, 3.8) is 0 Å². The van der Waals surface area contributed by atoms with Gasteiger partial charge in [0.25, 0.3) is 0 Å². The second-order valence-corrected chi connectivity index (χ2v) is 4.64. The minimum absolute atomic E-state index is 0.712. The Kier molecular flexibility index (Phi) is 6.20. The first-order valence-corrected chi connectivity index (χ1v) is 6.27. The van der Waals surface area contributed by atoms with Gasteiger partial charge in [0.1, 0.15) is 0 Å². The Bertz CT molecular complexity index is 130. The zero-order chi connectivity index (χ0) is 10.2. The first kappa shape index (κ1) is 12.0. The second kappa shape index (κ2) is 7.24. The van der Waals surface area contributed by atoms with Gasteiger partial charge in [-0.05, 0) is 51.7 Å². The molecule has 2 heteroatoms. The van der Waals surface area contributed by atoms with Crippen molar-refractivity contribution in [3.8, 4) is 0 Å². The van der Waals surface area contributed by atoms with E-state index in [4.69, 9.17) is 0 Å². The largest absolute Gasteiger partial charge is 0.316 e. The highest BCUT2D eigenvalue weighted by atomic mass is 14.9. The van der Waals surface area contributed by atoms with Crippen molar-refractivity contribution in [3.05, 3.63) is 0 Å². The zero-order valence-corrected chi connectivity index (χ0v) is 9.81. The summed E-state index contributed by atoms with van der Waals surface area (Å²) in [5.74, 6) is 0.931. The molecule has 2 N–H and O–H groups in total. The molecule has 2 nitrogen and oxygen atoms in total. The van der Waals surface area contributed by atoms with E-state index in [1.54, 1.807) is 0 Å². The highest BCUT2D eigenvalue weighted by molar-refractivity contribution is 4.72. The third-order valence-electron chi connectivity index (χ3n) is 3.20. The quantitative estimate of drug-likeness (QED) is 0.655. The first-order chi connectivity index (χ1) is 6.83. The lowest BCUT2D eigenvalue weighted by molar-refractivity contribution is 0.444. The van der Waals surface area contributed by atoms with Crippen LogP contribution < -0.4 is 10.6 Å². The molecular weight excluding hydrogens is 172 g/mol. The van der Waals surface area contributed by atoms with Crippen LogP contribution in [0.25, 0.3) is 0 Å². The van der Waals surface area contributed by atoms with Gasteiger partial charge in [-0.15, -0.1) is 0 Å². The molecule has 1 aliphatic heterocycles. The van der Waals surface area contributed by atoms with Crippen LogP contribution in [0.15, 0.2) is 0 Å². The van der Waals surface area contributed by atoms with Crippen LogP contribution in [0.1, 0.15) is 46.0 Å². The smallest absolute Gasteiger partial charge is 0.00387 e. The second-order valence-electron chi connectivity index (χ2n) is 4.64. The molecule has 0 aromatic heterocycles. The van der Waals surface area contributed by atoms with E-state index in [1.807, 2.05) is 0 Å². The van der Waals surface area contributed by atoms with E-state index < -0.39 is 0 Å². The summed E-state index contributed by atoms with van der Waals surface area (Å²) in [5, 5.41) is 7.03. The molecule has 0 aromatic carbocycles. The molecule has 1 aliphatic rings. The third kappa shape index (κ3) is 4.97. The van der Waals surface area contributed by atoms with Gasteiger partial charge in [0.05, 0.1) is 0 Å². The first-order valence-electron chi connectivity index (χ1n) is 6.27.